The number of hydrogen-bond acceptors (Lipinski definition) is 9. The van der Waals surface area contributed by atoms with E-state index in [0.29, 0.717) is 6.42 Å². The van der Waals surface area contributed by atoms with Gasteiger partial charge in [-0.2, -0.15) is 0 Å². The average molecular weight is 539 g/mol. The normalized spacial score (nSPS) is 24.4. The van der Waals surface area contributed by atoms with Gasteiger partial charge in [-0.15, -0.1) is 0 Å². The molecule has 0 amide bonds. The highest BCUT2D eigenvalue weighted by molar-refractivity contribution is 5.66. The molecule has 1 aliphatic rings. The fraction of sp³-hybridized carbons (Fsp3) is 0.963. The Kier molecular flexibility index (Phi) is 23.7. The smallest absolute Gasteiger partial charge is 0.303 e. The summed E-state index contributed by atoms with van der Waals surface area (Å²) in [5, 5.41) is 63.4. The number of aliphatic carboxylic acids is 1. The number of unbranched alkanes of at least 4 members (excludes halogenated alkanes) is 14. The number of hydrogen-bond donors (Lipinski definition) is 7. The summed E-state index contributed by atoms with van der Waals surface area (Å²) in [6.45, 7) is 0.899. The Balaban J connectivity index is 0.000000708. The highest BCUT2D eigenvalue weighted by Crippen LogP contribution is 2.22. The van der Waals surface area contributed by atoms with E-state index in [-0.39, 0.29) is 6.61 Å². The Morgan fingerprint density at radius 1 is 0.757 bits per heavy atom. The number of ether oxygens (including phenoxy) is 2. The lowest BCUT2D eigenvalue weighted by Crippen LogP contribution is -2.59. The summed E-state index contributed by atoms with van der Waals surface area (Å²) in [5.74, 6) is -0.653. The first kappa shape index (κ1) is 36.1. The molecule has 2 unspecified atom stereocenters. The van der Waals surface area contributed by atoms with E-state index in [2.05, 4.69) is 6.92 Å². The molecule has 0 bridgehead atoms. The van der Waals surface area contributed by atoms with Crippen LogP contribution >= 0.6 is 0 Å². The predicted octanol–water partition coefficient (Wildman–Crippen LogP) is 2.49. The van der Waals surface area contributed by atoms with Crippen molar-refractivity contribution in [1.82, 2.24) is 0 Å². The van der Waals surface area contributed by atoms with E-state index in [1.807, 2.05) is 0 Å². The van der Waals surface area contributed by atoms with Crippen molar-refractivity contribution in [2.24, 2.45) is 0 Å². The molecule has 10 nitrogen and oxygen atoms in total. The molecule has 1 fully saturated rings. The summed E-state index contributed by atoms with van der Waals surface area (Å²) >= 11 is 0. The Morgan fingerprint density at radius 3 is 1.62 bits per heavy atom. The van der Waals surface area contributed by atoms with Crippen LogP contribution in [0.3, 0.4) is 0 Å². The first-order chi connectivity index (χ1) is 17.8. The zero-order valence-electron chi connectivity index (χ0n) is 22.8. The van der Waals surface area contributed by atoms with Crippen molar-refractivity contribution in [2.45, 2.75) is 146 Å². The molecule has 0 radical (unpaired) electrons. The molecule has 0 saturated carbocycles. The Labute approximate surface area is 222 Å². The van der Waals surface area contributed by atoms with Crippen LogP contribution in [0.15, 0.2) is 0 Å². The van der Waals surface area contributed by atoms with Gasteiger partial charge in [0, 0.05) is 6.42 Å². The van der Waals surface area contributed by atoms with E-state index in [9.17, 15) is 20.1 Å². The monoisotopic (exact) mass is 538 g/mol. The topological polar surface area (TPSA) is 177 Å². The molecule has 1 aliphatic heterocycles. The largest absolute Gasteiger partial charge is 0.481 e. The van der Waals surface area contributed by atoms with Crippen LogP contribution in [0.4, 0.5) is 0 Å². The molecule has 0 aromatic carbocycles. The van der Waals surface area contributed by atoms with Gasteiger partial charge in [0.15, 0.2) is 6.29 Å². The maximum atomic E-state index is 10.3. The molecule has 0 aromatic heterocycles. The van der Waals surface area contributed by atoms with Gasteiger partial charge in [-0.1, -0.05) is 96.8 Å². The zero-order valence-corrected chi connectivity index (χ0v) is 22.8. The predicted molar refractivity (Wildman–Crippen MR) is 140 cm³/mol. The number of rotatable bonds is 21. The van der Waals surface area contributed by atoms with E-state index in [1.54, 1.807) is 0 Å². The van der Waals surface area contributed by atoms with Crippen LogP contribution in [0.1, 0.15) is 110 Å². The first-order valence-corrected chi connectivity index (χ1v) is 14.2. The van der Waals surface area contributed by atoms with Crippen molar-refractivity contribution in [3.8, 4) is 0 Å². The van der Waals surface area contributed by atoms with Gasteiger partial charge in [-0.3, -0.25) is 4.79 Å². The van der Waals surface area contributed by atoms with Gasteiger partial charge in [0.1, 0.15) is 30.5 Å². The number of carbonyl (C=O) groups is 1. The highest BCUT2D eigenvalue weighted by Gasteiger charge is 2.44. The number of carboxylic acid groups (broad SMARTS) is 1. The van der Waals surface area contributed by atoms with Crippen LogP contribution in [0.5, 0.6) is 0 Å². The molecule has 1 heterocycles. The molecule has 37 heavy (non-hydrogen) atoms. The maximum Gasteiger partial charge on any atom is 0.303 e. The number of aliphatic hydroxyl groups is 6. The lowest BCUT2D eigenvalue weighted by atomic mass is 9.99. The number of aliphatic hydroxyl groups excluding tert-OH is 6. The molecule has 7 N–H and O–H groups in total. The molecular weight excluding hydrogens is 484 g/mol. The summed E-state index contributed by atoms with van der Waals surface area (Å²) in [4.78, 5) is 10.3. The van der Waals surface area contributed by atoms with Gasteiger partial charge < -0.3 is 45.2 Å². The minimum absolute atomic E-state index is 0.306. The van der Waals surface area contributed by atoms with Crippen molar-refractivity contribution in [1.29, 1.82) is 0 Å². The molecule has 222 valence electrons. The summed E-state index contributed by atoms with van der Waals surface area (Å²) in [5.41, 5.74) is 0. The van der Waals surface area contributed by atoms with Gasteiger partial charge >= 0.3 is 5.97 Å². The second-order valence-corrected chi connectivity index (χ2v) is 9.96. The summed E-state index contributed by atoms with van der Waals surface area (Å²) in [7, 11) is 0. The molecule has 0 spiro atoms. The molecule has 10 heteroatoms. The molecule has 1 rings (SSSR count). The van der Waals surface area contributed by atoms with Crippen molar-refractivity contribution in [3.05, 3.63) is 0 Å². The van der Waals surface area contributed by atoms with Crippen molar-refractivity contribution >= 4 is 5.97 Å². The lowest BCUT2D eigenvalue weighted by Gasteiger charge is -2.39. The van der Waals surface area contributed by atoms with Crippen LogP contribution in [0.25, 0.3) is 0 Å². The standard InChI is InChI=1S/C18H36O2.C9H18O8/c1-2-3-4-5-6-7-8-9-10-11-12-13-14-15-16-17-18(19)20;10-1-4(12)3-16-9-8(15)7(14)6(13)5(2-11)17-9/h2-17H2,1H3,(H,19,20);4-15H,1-3H2/t;4?,5-,6+,7+,8-,9?/m.1/s1. The second-order valence-electron chi connectivity index (χ2n) is 9.96. The van der Waals surface area contributed by atoms with E-state index in [4.69, 9.17) is 29.9 Å². The van der Waals surface area contributed by atoms with Gasteiger partial charge in [-0.25, -0.2) is 0 Å². The Hall–Kier alpha value is -0.850. The van der Waals surface area contributed by atoms with Gasteiger partial charge in [-0.05, 0) is 6.42 Å². The molecule has 6 atom stereocenters. The first-order valence-electron chi connectivity index (χ1n) is 14.2. The van der Waals surface area contributed by atoms with Gasteiger partial charge in [0.25, 0.3) is 0 Å². The Morgan fingerprint density at radius 2 is 1.22 bits per heavy atom. The fourth-order valence-corrected chi connectivity index (χ4v) is 4.11. The summed E-state index contributed by atoms with van der Waals surface area (Å²) in [6.07, 6.45) is 12.3. The molecule has 1 saturated heterocycles. The van der Waals surface area contributed by atoms with Crippen LogP contribution in [0, 0.1) is 0 Å². The number of carboxylic acids is 1. The third kappa shape index (κ3) is 18.9. The van der Waals surface area contributed by atoms with Crippen molar-refractivity contribution in [2.75, 3.05) is 19.8 Å². The molecule has 0 aliphatic carbocycles. The van der Waals surface area contributed by atoms with Gasteiger partial charge in [0.05, 0.1) is 19.8 Å². The van der Waals surface area contributed by atoms with E-state index in [0.717, 1.165) is 12.8 Å². The Bertz CT molecular complexity index is 519. The average Bonchev–Trinajstić information content (AvgIpc) is 2.89. The van der Waals surface area contributed by atoms with E-state index < -0.39 is 56.0 Å². The quantitative estimate of drug-likeness (QED) is 0.107. The highest BCUT2D eigenvalue weighted by atomic mass is 16.7. The van der Waals surface area contributed by atoms with Crippen LogP contribution in [0.2, 0.25) is 0 Å². The molecule has 0 aromatic rings. The third-order valence-electron chi connectivity index (χ3n) is 6.51. The minimum atomic E-state index is -1.52. The second kappa shape index (κ2) is 24.2. The minimum Gasteiger partial charge on any atom is -0.481 e. The van der Waals surface area contributed by atoms with Gasteiger partial charge in [0.2, 0.25) is 0 Å². The third-order valence-corrected chi connectivity index (χ3v) is 6.51. The maximum absolute atomic E-state index is 10.3. The summed E-state index contributed by atoms with van der Waals surface area (Å²) < 4.78 is 9.93. The zero-order chi connectivity index (χ0) is 27.9. The SMILES string of the molecule is CCCCCCCCCCCCCCCCCC(=O)O.OCC(O)COC1O[C@H](CO)[C@H](O)[C@H](O)[C@H]1O. The van der Waals surface area contributed by atoms with Crippen LogP contribution < -0.4 is 0 Å². The lowest BCUT2D eigenvalue weighted by molar-refractivity contribution is -0.304. The van der Waals surface area contributed by atoms with E-state index >= 15 is 0 Å². The van der Waals surface area contributed by atoms with Crippen LogP contribution in [-0.2, 0) is 14.3 Å². The van der Waals surface area contributed by atoms with Crippen molar-refractivity contribution in [3.63, 3.8) is 0 Å². The van der Waals surface area contributed by atoms with Crippen molar-refractivity contribution < 1.29 is 50.0 Å². The fourth-order valence-electron chi connectivity index (χ4n) is 4.11. The summed E-state index contributed by atoms with van der Waals surface area (Å²) in [6, 6.07) is 0. The van der Waals surface area contributed by atoms with Crippen LogP contribution in [-0.4, -0.2) is 98.3 Å². The van der Waals surface area contributed by atoms with E-state index in [1.165, 1.54) is 83.5 Å². The molecular formula is C27H54O10.